The topological polar surface area (TPSA) is 26.0 Å². The molecule has 0 aliphatic carbocycles. The van der Waals surface area contributed by atoms with Crippen molar-refractivity contribution in [3.05, 3.63) is 0 Å². The van der Waals surface area contributed by atoms with E-state index in [1.54, 1.807) is 11.8 Å². The van der Waals surface area contributed by atoms with Gasteiger partial charge in [0.1, 0.15) is 4.20 Å². The van der Waals surface area contributed by atoms with Crippen molar-refractivity contribution in [2.45, 2.75) is 4.20 Å². The normalized spacial score (nSPS) is 39.8. The molecule has 0 aromatic heterocycles. The standard InChI is InChI=1S/C4H9NS3/c5-4(6)3-7-1-2-8-4/h6H,1-3,5H2. The maximum atomic E-state index is 5.68. The molecule has 0 aromatic carbocycles. The predicted octanol–water partition coefficient (Wildman–Crippen LogP) is 1.01. The largest absolute Gasteiger partial charge is 0.308 e. The predicted molar refractivity (Wildman–Crippen MR) is 45.7 cm³/mol. The molecule has 2 N–H and O–H groups in total. The van der Waals surface area contributed by atoms with Gasteiger partial charge in [0.05, 0.1) is 0 Å². The van der Waals surface area contributed by atoms with Crippen molar-refractivity contribution >= 4 is 36.2 Å². The van der Waals surface area contributed by atoms with Crippen LogP contribution in [0, 0.1) is 0 Å². The zero-order valence-corrected chi connectivity index (χ0v) is 6.99. The van der Waals surface area contributed by atoms with Crippen LogP contribution in [0.2, 0.25) is 0 Å². The van der Waals surface area contributed by atoms with Crippen LogP contribution in [0.4, 0.5) is 0 Å². The maximum absolute atomic E-state index is 5.68. The van der Waals surface area contributed by atoms with Gasteiger partial charge in [0.25, 0.3) is 0 Å². The van der Waals surface area contributed by atoms with Crippen molar-refractivity contribution in [1.29, 1.82) is 0 Å². The fraction of sp³-hybridized carbons (Fsp3) is 1.00. The summed E-state index contributed by atoms with van der Waals surface area (Å²) in [7, 11) is 0. The number of hydrogen-bond acceptors (Lipinski definition) is 4. The van der Waals surface area contributed by atoms with E-state index in [9.17, 15) is 0 Å². The molecule has 8 heavy (non-hydrogen) atoms. The molecule has 4 heteroatoms. The summed E-state index contributed by atoms with van der Waals surface area (Å²) in [6.45, 7) is 0. The van der Waals surface area contributed by atoms with E-state index in [-0.39, 0.29) is 4.20 Å². The van der Waals surface area contributed by atoms with Gasteiger partial charge < -0.3 is 5.73 Å². The third-order valence-electron chi connectivity index (χ3n) is 0.889. The SMILES string of the molecule is NC1(S)CSCCS1. The Morgan fingerprint density at radius 3 is 2.50 bits per heavy atom. The van der Waals surface area contributed by atoms with Crippen LogP contribution in [0.25, 0.3) is 0 Å². The Balaban J connectivity index is 2.33. The van der Waals surface area contributed by atoms with Gasteiger partial charge in [-0.3, -0.25) is 0 Å². The quantitative estimate of drug-likeness (QED) is 0.416. The molecule has 0 amide bonds. The van der Waals surface area contributed by atoms with Gasteiger partial charge in [0.15, 0.2) is 0 Å². The first-order valence-corrected chi connectivity index (χ1v) is 5.02. The molecular formula is C4H9NS3. The molecule has 0 aromatic rings. The van der Waals surface area contributed by atoms with Gasteiger partial charge in [0.2, 0.25) is 0 Å². The van der Waals surface area contributed by atoms with Gasteiger partial charge in [-0.2, -0.15) is 11.8 Å². The highest BCUT2D eigenvalue weighted by molar-refractivity contribution is 8.15. The number of thioether (sulfide) groups is 2. The minimum absolute atomic E-state index is 0.247. The highest BCUT2D eigenvalue weighted by Gasteiger charge is 2.23. The number of thiol groups is 1. The molecule has 0 bridgehead atoms. The van der Waals surface area contributed by atoms with E-state index in [0.717, 1.165) is 11.5 Å². The molecule has 1 nitrogen and oxygen atoms in total. The van der Waals surface area contributed by atoms with E-state index in [2.05, 4.69) is 12.6 Å². The summed E-state index contributed by atoms with van der Waals surface area (Å²) in [6, 6.07) is 0. The molecule has 0 radical (unpaired) electrons. The summed E-state index contributed by atoms with van der Waals surface area (Å²) in [6.07, 6.45) is 0. The lowest BCUT2D eigenvalue weighted by Gasteiger charge is -2.26. The first-order valence-electron chi connectivity index (χ1n) is 2.44. The lowest BCUT2D eigenvalue weighted by molar-refractivity contribution is 0.982. The molecule has 0 saturated carbocycles. The highest BCUT2D eigenvalue weighted by Crippen LogP contribution is 2.32. The molecule has 1 fully saturated rings. The van der Waals surface area contributed by atoms with E-state index in [0.29, 0.717) is 0 Å². The van der Waals surface area contributed by atoms with Crippen LogP contribution < -0.4 is 5.73 Å². The summed E-state index contributed by atoms with van der Waals surface area (Å²) in [4.78, 5) is 0. The molecule has 1 atom stereocenters. The first kappa shape index (κ1) is 7.12. The molecular weight excluding hydrogens is 158 g/mol. The van der Waals surface area contributed by atoms with E-state index < -0.39 is 0 Å². The van der Waals surface area contributed by atoms with Crippen molar-refractivity contribution in [3.8, 4) is 0 Å². The zero-order chi connectivity index (χ0) is 6.04. The maximum Gasteiger partial charge on any atom is 0.115 e. The summed E-state index contributed by atoms with van der Waals surface area (Å²) in [5, 5.41) is 0. The van der Waals surface area contributed by atoms with Crippen molar-refractivity contribution in [1.82, 2.24) is 0 Å². The van der Waals surface area contributed by atoms with E-state index in [1.807, 2.05) is 11.8 Å². The monoisotopic (exact) mass is 167 g/mol. The minimum Gasteiger partial charge on any atom is -0.308 e. The first-order chi connectivity index (χ1) is 3.71. The van der Waals surface area contributed by atoms with Gasteiger partial charge in [-0.05, 0) is 0 Å². The molecule has 1 rings (SSSR count). The summed E-state index contributed by atoms with van der Waals surface area (Å²) < 4.78 is -0.247. The van der Waals surface area contributed by atoms with Crippen molar-refractivity contribution in [2.24, 2.45) is 5.73 Å². The lowest BCUT2D eigenvalue weighted by atomic mass is 10.8. The highest BCUT2D eigenvalue weighted by atomic mass is 32.2. The van der Waals surface area contributed by atoms with Crippen molar-refractivity contribution in [2.75, 3.05) is 17.3 Å². The molecule has 1 aliphatic heterocycles. The van der Waals surface area contributed by atoms with Crippen LogP contribution in [0.3, 0.4) is 0 Å². The van der Waals surface area contributed by atoms with Crippen LogP contribution in [0.1, 0.15) is 0 Å². The van der Waals surface area contributed by atoms with Crippen molar-refractivity contribution < 1.29 is 0 Å². The fourth-order valence-electron chi connectivity index (χ4n) is 0.537. The average Bonchev–Trinajstić information content (AvgIpc) is 1.65. The second-order valence-corrected chi connectivity index (χ2v) is 5.38. The van der Waals surface area contributed by atoms with Crippen LogP contribution >= 0.6 is 36.2 Å². The van der Waals surface area contributed by atoms with E-state index in [1.165, 1.54) is 5.75 Å². The Bertz CT molecular complexity index is 75.4. The Kier molecular flexibility index (Phi) is 2.43. The van der Waals surface area contributed by atoms with Gasteiger partial charge in [0, 0.05) is 17.3 Å². The molecule has 1 unspecified atom stereocenters. The summed E-state index contributed by atoms with van der Waals surface area (Å²) >= 11 is 7.86. The molecule has 1 aliphatic rings. The number of hydrogen-bond donors (Lipinski definition) is 2. The minimum atomic E-state index is -0.247. The fourth-order valence-corrected chi connectivity index (χ4v) is 3.26. The van der Waals surface area contributed by atoms with Crippen LogP contribution in [0.15, 0.2) is 0 Å². The van der Waals surface area contributed by atoms with Gasteiger partial charge in [-0.1, -0.05) is 0 Å². The van der Waals surface area contributed by atoms with Gasteiger partial charge in [-0.15, -0.1) is 24.4 Å². The zero-order valence-electron chi connectivity index (χ0n) is 4.46. The summed E-state index contributed by atoms with van der Waals surface area (Å²) in [5.74, 6) is 3.34. The second kappa shape index (κ2) is 2.73. The lowest BCUT2D eigenvalue weighted by Crippen LogP contribution is -2.35. The van der Waals surface area contributed by atoms with Crippen LogP contribution in [-0.2, 0) is 0 Å². The second-order valence-electron chi connectivity index (χ2n) is 1.75. The van der Waals surface area contributed by atoms with Crippen LogP contribution in [0.5, 0.6) is 0 Å². The van der Waals surface area contributed by atoms with Crippen molar-refractivity contribution in [3.63, 3.8) is 0 Å². The average molecular weight is 167 g/mol. The smallest absolute Gasteiger partial charge is 0.115 e. The Morgan fingerprint density at radius 2 is 2.25 bits per heavy atom. The van der Waals surface area contributed by atoms with Crippen LogP contribution in [-0.4, -0.2) is 21.5 Å². The van der Waals surface area contributed by atoms with E-state index >= 15 is 0 Å². The Labute approximate surface area is 63.6 Å². The molecule has 48 valence electrons. The number of nitrogens with two attached hydrogens (primary N) is 1. The molecule has 1 heterocycles. The Hall–Kier alpha value is 1.01. The van der Waals surface area contributed by atoms with Gasteiger partial charge >= 0.3 is 0 Å². The third kappa shape index (κ3) is 2.09. The molecule has 0 spiro atoms. The summed E-state index contributed by atoms with van der Waals surface area (Å²) in [5.41, 5.74) is 5.68. The Morgan fingerprint density at radius 1 is 1.50 bits per heavy atom. The third-order valence-corrected chi connectivity index (χ3v) is 4.29. The van der Waals surface area contributed by atoms with Gasteiger partial charge in [-0.25, -0.2) is 0 Å². The molecule has 1 saturated heterocycles. The van der Waals surface area contributed by atoms with E-state index in [4.69, 9.17) is 5.73 Å². The number of rotatable bonds is 0.